The second-order valence-corrected chi connectivity index (χ2v) is 8.21. The summed E-state index contributed by atoms with van der Waals surface area (Å²) >= 11 is 5.77. The van der Waals surface area contributed by atoms with Crippen molar-refractivity contribution in [2.45, 2.75) is 11.8 Å². The van der Waals surface area contributed by atoms with Crippen LogP contribution in [0.4, 0.5) is 0 Å². The normalized spacial score (nSPS) is 11.4. The van der Waals surface area contributed by atoms with E-state index in [0.29, 0.717) is 11.6 Å². The summed E-state index contributed by atoms with van der Waals surface area (Å²) in [6.07, 6.45) is 0. The molecule has 0 spiro atoms. The topological polar surface area (TPSA) is 75.7 Å². The van der Waals surface area contributed by atoms with Crippen molar-refractivity contribution in [2.24, 2.45) is 0 Å². The lowest BCUT2D eigenvalue weighted by Crippen LogP contribution is -2.39. The minimum Gasteiger partial charge on any atom is -0.492 e. The van der Waals surface area contributed by atoms with Crippen molar-refractivity contribution in [3.63, 3.8) is 0 Å². The Morgan fingerprint density at radius 1 is 1.19 bits per heavy atom. The molecule has 0 aromatic heterocycles. The van der Waals surface area contributed by atoms with Crippen molar-refractivity contribution in [3.05, 3.63) is 59.1 Å². The van der Waals surface area contributed by atoms with Gasteiger partial charge in [-0.25, -0.2) is 8.42 Å². The average molecular weight is 397 g/mol. The van der Waals surface area contributed by atoms with Gasteiger partial charge in [0.05, 0.1) is 18.0 Å². The minimum atomic E-state index is -3.75. The van der Waals surface area contributed by atoms with E-state index < -0.39 is 15.9 Å². The summed E-state index contributed by atoms with van der Waals surface area (Å²) < 4.78 is 31.3. The first-order valence-corrected chi connectivity index (χ1v) is 9.79. The maximum absolute atomic E-state index is 12.4. The number of ether oxygens (including phenoxy) is 1. The molecule has 0 fully saturated rings. The van der Waals surface area contributed by atoms with Crippen molar-refractivity contribution in [2.75, 3.05) is 26.7 Å². The zero-order valence-electron chi connectivity index (χ0n) is 14.6. The van der Waals surface area contributed by atoms with Gasteiger partial charge in [0.2, 0.25) is 15.9 Å². The monoisotopic (exact) mass is 396 g/mol. The van der Waals surface area contributed by atoms with E-state index in [9.17, 15) is 13.2 Å². The Balaban J connectivity index is 1.80. The van der Waals surface area contributed by atoms with Crippen molar-refractivity contribution >= 4 is 27.5 Å². The number of benzene rings is 2. The number of nitrogens with one attached hydrogen (secondary N) is 1. The Hall–Kier alpha value is -2.09. The Bertz CT molecular complexity index is 854. The molecule has 2 aromatic carbocycles. The van der Waals surface area contributed by atoms with Crippen molar-refractivity contribution in [1.29, 1.82) is 0 Å². The number of likely N-dealkylation sites (N-methyl/N-ethyl adjacent to an activating group) is 1. The second-order valence-electron chi connectivity index (χ2n) is 5.73. The zero-order chi connectivity index (χ0) is 19.2. The lowest BCUT2D eigenvalue weighted by molar-refractivity contribution is -0.121. The Kier molecular flexibility index (Phi) is 7.02. The maximum Gasteiger partial charge on any atom is 0.243 e. The molecule has 140 valence electrons. The van der Waals surface area contributed by atoms with E-state index in [-0.39, 0.29) is 18.0 Å². The summed E-state index contributed by atoms with van der Waals surface area (Å²) in [5.74, 6) is 0.319. The van der Waals surface area contributed by atoms with E-state index in [1.54, 1.807) is 0 Å². The van der Waals surface area contributed by atoms with E-state index in [0.717, 1.165) is 15.6 Å². The van der Waals surface area contributed by atoms with Crippen LogP contribution in [0.5, 0.6) is 5.75 Å². The van der Waals surface area contributed by atoms with Gasteiger partial charge >= 0.3 is 0 Å². The van der Waals surface area contributed by atoms with Gasteiger partial charge in [-0.1, -0.05) is 23.7 Å². The summed E-state index contributed by atoms with van der Waals surface area (Å²) in [6, 6.07) is 13.4. The van der Waals surface area contributed by atoms with E-state index in [1.165, 1.54) is 31.3 Å². The molecule has 0 atom stereocenters. The minimum absolute atomic E-state index is 0.0833. The van der Waals surface area contributed by atoms with Gasteiger partial charge in [0, 0.05) is 12.1 Å². The summed E-state index contributed by atoms with van der Waals surface area (Å²) in [5, 5.41) is 3.08. The van der Waals surface area contributed by atoms with Gasteiger partial charge in [-0.2, -0.15) is 4.31 Å². The molecule has 0 heterocycles. The number of rotatable bonds is 8. The first-order valence-electron chi connectivity index (χ1n) is 7.97. The molecular formula is C18H21ClN2O4S. The molecule has 2 aromatic rings. The number of sulfonamides is 1. The van der Waals surface area contributed by atoms with Crippen LogP contribution in [0.2, 0.25) is 5.02 Å². The molecule has 0 aliphatic carbocycles. The average Bonchev–Trinajstić information content (AvgIpc) is 2.59. The summed E-state index contributed by atoms with van der Waals surface area (Å²) in [7, 11) is -2.39. The van der Waals surface area contributed by atoms with Crippen LogP contribution in [-0.2, 0) is 14.8 Å². The van der Waals surface area contributed by atoms with Crippen LogP contribution in [0.15, 0.2) is 53.4 Å². The zero-order valence-corrected chi connectivity index (χ0v) is 16.2. The van der Waals surface area contributed by atoms with Gasteiger partial charge in [-0.3, -0.25) is 4.79 Å². The largest absolute Gasteiger partial charge is 0.492 e. The summed E-state index contributed by atoms with van der Waals surface area (Å²) in [6.45, 7) is 2.26. The SMILES string of the molecule is Cc1cccc(OCCNC(=O)CN(C)S(=O)(=O)c2ccc(Cl)cc2)c1. The molecule has 26 heavy (non-hydrogen) atoms. The van der Waals surface area contributed by atoms with E-state index in [4.69, 9.17) is 16.3 Å². The fourth-order valence-electron chi connectivity index (χ4n) is 2.19. The predicted octanol–water partition coefficient (Wildman–Crippen LogP) is 2.46. The number of amides is 1. The predicted molar refractivity (Wildman–Crippen MR) is 101 cm³/mol. The molecule has 0 saturated heterocycles. The molecule has 0 unspecified atom stereocenters. The van der Waals surface area contributed by atoms with Gasteiger partial charge in [0.1, 0.15) is 12.4 Å². The lowest BCUT2D eigenvalue weighted by atomic mass is 10.2. The van der Waals surface area contributed by atoms with Crippen LogP contribution in [0.3, 0.4) is 0 Å². The highest BCUT2D eigenvalue weighted by Gasteiger charge is 2.22. The van der Waals surface area contributed by atoms with Gasteiger partial charge in [0.15, 0.2) is 0 Å². The number of hydrogen-bond acceptors (Lipinski definition) is 4. The van der Waals surface area contributed by atoms with Crippen LogP contribution >= 0.6 is 11.6 Å². The van der Waals surface area contributed by atoms with Gasteiger partial charge in [0.25, 0.3) is 0 Å². The number of aryl methyl sites for hydroxylation is 1. The van der Waals surface area contributed by atoms with Crippen LogP contribution in [0.1, 0.15) is 5.56 Å². The molecule has 0 radical (unpaired) electrons. The highest BCUT2D eigenvalue weighted by Crippen LogP contribution is 2.17. The molecule has 0 bridgehead atoms. The number of halogens is 1. The quantitative estimate of drug-likeness (QED) is 0.695. The van der Waals surface area contributed by atoms with Crippen molar-refractivity contribution in [1.82, 2.24) is 9.62 Å². The molecule has 0 saturated carbocycles. The molecule has 0 aliphatic rings. The second kappa shape index (κ2) is 9.02. The van der Waals surface area contributed by atoms with Crippen LogP contribution in [0.25, 0.3) is 0 Å². The third kappa shape index (κ3) is 5.72. The Morgan fingerprint density at radius 3 is 2.54 bits per heavy atom. The fourth-order valence-corrected chi connectivity index (χ4v) is 3.45. The molecule has 8 heteroatoms. The summed E-state index contributed by atoms with van der Waals surface area (Å²) in [4.78, 5) is 12.0. The number of nitrogens with zero attached hydrogens (tertiary/aromatic N) is 1. The van der Waals surface area contributed by atoms with Crippen LogP contribution in [-0.4, -0.2) is 45.4 Å². The lowest BCUT2D eigenvalue weighted by Gasteiger charge is -2.17. The number of carbonyl (C=O) groups excluding carboxylic acids is 1. The van der Waals surface area contributed by atoms with E-state index >= 15 is 0 Å². The molecule has 6 nitrogen and oxygen atoms in total. The number of carbonyl (C=O) groups is 1. The smallest absolute Gasteiger partial charge is 0.243 e. The van der Waals surface area contributed by atoms with Crippen LogP contribution < -0.4 is 10.1 Å². The first-order chi connectivity index (χ1) is 12.3. The van der Waals surface area contributed by atoms with E-state index in [1.807, 2.05) is 31.2 Å². The van der Waals surface area contributed by atoms with Crippen molar-refractivity contribution in [3.8, 4) is 5.75 Å². The Morgan fingerprint density at radius 2 is 1.88 bits per heavy atom. The van der Waals surface area contributed by atoms with Gasteiger partial charge in [-0.05, 0) is 48.9 Å². The van der Waals surface area contributed by atoms with Gasteiger partial charge < -0.3 is 10.1 Å². The molecule has 1 N–H and O–H groups in total. The standard InChI is InChI=1S/C18H21ClN2O4S/c1-14-4-3-5-16(12-14)25-11-10-20-18(22)13-21(2)26(23,24)17-8-6-15(19)7-9-17/h3-9,12H,10-11,13H2,1-2H3,(H,20,22). The summed E-state index contributed by atoms with van der Waals surface area (Å²) in [5.41, 5.74) is 1.08. The molecular weight excluding hydrogens is 376 g/mol. The molecule has 0 aliphatic heterocycles. The fraction of sp³-hybridized carbons (Fsp3) is 0.278. The first kappa shape index (κ1) is 20.2. The number of hydrogen-bond donors (Lipinski definition) is 1. The van der Waals surface area contributed by atoms with Gasteiger partial charge in [-0.15, -0.1) is 0 Å². The molecule has 2 rings (SSSR count). The highest BCUT2D eigenvalue weighted by atomic mass is 35.5. The third-order valence-corrected chi connectivity index (χ3v) is 5.64. The molecule has 1 amide bonds. The van der Waals surface area contributed by atoms with Crippen LogP contribution in [0, 0.1) is 6.92 Å². The Labute approximate surface area is 158 Å². The highest BCUT2D eigenvalue weighted by molar-refractivity contribution is 7.89. The third-order valence-electron chi connectivity index (χ3n) is 3.57. The van der Waals surface area contributed by atoms with E-state index in [2.05, 4.69) is 5.32 Å². The van der Waals surface area contributed by atoms with Crippen molar-refractivity contribution < 1.29 is 17.9 Å². The maximum atomic E-state index is 12.4.